The molecule has 1 aliphatic carbocycles. The zero-order chi connectivity index (χ0) is 16.9. The van der Waals surface area contributed by atoms with Gasteiger partial charge in [0.2, 0.25) is 0 Å². The second kappa shape index (κ2) is 7.43. The molecule has 1 aromatic rings. The second-order valence-electron chi connectivity index (χ2n) is 7.11. The number of carbonyl (C=O) groups is 1. The van der Waals surface area contributed by atoms with Gasteiger partial charge in [0, 0.05) is 5.92 Å². The van der Waals surface area contributed by atoms with Gasteiger partial charge in [-0.25, -0.2) is 4.79 Å². The minimum absolute atomic E-state index is 0.0912. The summed E-state index contributed by atoms with van der Waals surface area (Å²) in [7, 11) is 3.66. The molecule has 1 aliphatic rings. The molecule has 23 heavy (non-hydrogen) atoms. The Labute approximate surface area is 138 Å². The van der Waals surface area contributed by atoms with Crippen molar-refractivity contribution in [3.8, 4) is 0 Å². The minimum atomic E-state index is -1.56. The molecule has 0 heterocycles. The Morgan fingerprint density at radius 3 is 2.43 bits per heavy atom. The molecular formula is C18H29N2O3+. The summed E-state index contributed by atoms with van der Waals surface area (Å²) < 4.78 is 5.63. The number of nitrogens with zero attached hydrogens (tertiary/aromatic N) is 1. The molecule has 128 valence electrons. The number of hydrogen-bond donors (Lipinski definition) is 2. The zero-order valence-corrected chi connectivity index (χ0v) is 14.2. The van der Waals surface area contributed by atoms with Gasteiger partial charge in [0.25, 0.3) is 0 Å². The predicted molar refractivity (Wildman–Crippen MR) is 89.0 cm³/mol. The van der Waals surface area contributed by atoms with Gasteiger partial charge in [-0.1, -0.05) is 49.6 Å². The van der Waals surface area contributed by atoms with E-state index in [9.17, 15) is 9.90 Å². The molecule has 0 aromatic heterocycles. The maximum absolute atomic E-state index is 12.7. The van der Waals surface area contributed by atoms with Gasteiger partial charge in [-0.2, -0.15) is 5.84 Å². The number of rotatable bonds is 6. The van der Waals surface area contributed by atoms with Crippen LogP contribution in [0.15, 0.2) is 30.3 Å². The topological polar surface area (TPSA) is 72.5 Å². The van der Waals surface area contributed by atoms with Crippen LogP contribution in [0.5, 0.6) is 0 Å². The standard InChI is InChI=1S/C18H29N2O3/c1-20(2,19)13-14-23-17(21)18(22,15-9-5-3-6-10-15)16-11-7-4-8-12-16/h3,5-6,9-10,16,22H,4,7-8,11-14,19H2,1-2H3/q+1. The van der Waals surface area contributed by atoms with Crippen LogP contribution in [0, 0.1) is 5.92 Å². The molecule has 0 radical (unpaired) electrons. The molecule has 1 aromatic carbocycles. The molecule has 1 fully saturated rings. The fraction of sp³-hybridized carbons (Fsp3) is 0.611. The van der Waals surface area contributed by atoms with Crippen LogP contribution in [0.25, 0.3) is 0 Å². The third-order valence-corrected chi connectivity index (χ3v) is 4.62. The molecule has 0 spiro atoms. The van der Waals surface area contributed by atoms with E-state index in [-0.39, 0.29) is 17.1 Å². The Balaban J connectivity index is 2.17. The van der Waals surface area contributed by atoms with Gasteiger partial charge in [0.1, 0.15) is 13.2 Å². The van der Waals surface area contributed by atoms with Crippen molar-refractivity contribution in [2.45, 2.75) is 37.7 Å². The van der Waals surface area contributed by atoms with Crippen molar-refractivity contribution in [3.05, 3.63) is 35.9 Å². The fourth-order valence-corrected chi connectivity index (χ4v) is 3.22. The van der Waals surface area contributed by atoms with E-state index in [4.69, 9.17) is 10.6 Å². The van der Waals surface area contributed by atoms with Gasteiger partial charge in [0.15, 0.2) is 5.60 Å². The van der Waals surface area contributed by atoms with E-state index in [0.29, 0.717) is 12.1 Å². The normalized spacial score (nSPS) is 19.1. The number of hydrogen-bond acceptors (Lipinski definition) is 4. The molecule has 1 atom stereocenters. The van der Waals surface area contributed by atoms with Crippen molar-refractivity contribution in [1.82, 2.24) is 0 Å². The number of esters is 1. The summed E-state index contributed by atoms with van der Waals surface area (Å²) in [5.41, 5.74) is -0.939. The molecule has 1 unspecified atom stereocenters. The van der Waals surface area contributed by atoms with E-state index in [1.807, 2.05) is 32.3 Å². The lowest BCUT2D eigenvalue weighted by atomic mass is 9.73. The Kier molecular flexibility index (Phi) is 5.79. The quantitative estimate of drug-likeness (QED) is 0.363. The molecule has 3 N–H and O–H groups in total. The molecular weight excluding hydrogens is 292 g/mol. The van der Waals surface area contributed by atoms with Crippen molar-refractivity contribution in [2.75, 3.05) is 27.2 Å². The maximum atomic E-state index is 12.7. The second-order valence-corrected chi connectivity index (χ2v) is 7.11. The van der Waals surface area contributed by atoms with Gasteiger partial charge in [0.05, 0.1) is 14.1 Å². The van der Waals surface area contributed by atoms with E-state index in [1.165, 1.54) is 0 Å². The predicted octanol–water partition coefficient (Wildman–Crippen LogP) is 1.95. The van der Waals surface area contributed by atoms with E-state index in [1.54, 1.807) is 12.1 Å². The molecule has 5 nitrogen and oxygen atoms in total. The number of nitrogens with two attached hydrogens (primary N) is 1. The van der Waals surface area contributed by atoms with Crippen LogP contribution in [0.1, 0.15) is 37.7 Å². The SMILES string of the molecule is C[N+](C)(N)CCOC(=O)C(O)(c1ccccc1)C1CCCCC1. The highest BCUT2D eigenvalue weighted by Gasteiger charge is 2.47. The van der Waals surface area contributed by atoms with E-state index in [2.05, 4.69) is 0 Å². The first kappa shape index (κ1) is 17.9. The summed E-state index contributed by atoms with van der Waals surface area (Å²) >= 11 is 0. The van der Waals surface area contributed by atoms with Crippen molar-refractivity contribution >= 4 is 5.97 Å². The average molecular weight is 321 g/mol. The van der Waals surface area contributed by atoms with Gasteiger partial charge < -0.3 is 9.84 Å². The van der Waals surface area contributed by atoms with Gasteiger partial charge in [-0.15, -0.1) is 0 Å². The fourth-order valence-electron chi connectivity index (χ4n) is 3.22. The molecule has 5 heteroatoms. The third kappa shape index (κ3) is 4.53. The minimum Gasteiger partial charge on any atom is -0.457 e. The Morgan fingerprint density at radius 1 is 1.26 bits per heavy atom. The number of quaternary nitrogens is 1. The monoisotopic (exact) mass is 321 g/mol. The van der Waals surface area contributed by atoms with Gasteiger partial charge in [-0.3, -0.25) is 4.59 Å². The highest BCUT2D eigenvalue weighted by molar-refractivity contribution is 5.81. The number of likely N-dealkylation sites (N-methyl/N-ethyl adjacent to an activating group) is 1. The third-order valence-electron chi connectivity index (χ3n) is 4.62. The largest absolute Gasteiger partial charge is 0.457 e. The van der Waals surface area contributed by atoms with Crippen molar-refractivity contribution < 1.29 is 19.2 Å². The van der Waals surface area contributed by atoms with Gasteiger partial charge in [-0.05, 0) is 18.4 Å². The summed E-state index contributed by atoms with van der Waals surface area (Å²) in [4.78, 5) is 12.7. The van der Waals surface area contributed by atoms with Crippen molar-refractivity contribution in [2.24, 2.45) is 11.8 Å². The summed E-state index contributed by atoms with van der Waals surface area (Å²) in [6, 6.07) is 9.18. The van der Waals surface area contributed by atoms with Crippen LogP contribution < -0.4 is 5.84 Å². The Hall–Kier alpha value is -1.43. The molecule has 0 aliphatic heterocycles. The van der Waals surface area contributed by atoms with Crippen LogP contribution in [0.2, 0.25) is 0 Å². The smallest absolute Gasteiger partial charge is 0.343 e. The number of ether oxygens (including phenoxy) is 1. The highest BCUT2D eigenvalue weighted by Crippen LogP contribution is 2.40. The number of aliphatic hydroxyl groups is 1. The maximum Gasteiger partial charge on any atom is 0.343 e. The zero-order valence-electron chi connectivity index (χ0n) is 14.2. The number of benzene rings is 1. The van der Waals surface area contributed by atoms with Crippen molar-refractivity contribution in [1.29, 1.82) is 0 Å². The van der Waals surface area contributed by atoms with E-state index in [0.717, 1.165) is 32.1 Å². The summed E-state index contributed by atoms with van der Waals surface area (Å²) in [5.74, 6) is 5.23. The van der Waals surface area contributed by atoms with Crippen LogP contribution in [0.3, 0.4) is 0 Å². The number of carbonyl (C=O) groups excluding carboxylic acids is 1. The molecule has 0 bridgehead atoms. The molecule has 0 saturated heterocycles. The highest BCUT2D eigenvalue weighted by atomic mass is 16.5. The lowest BCUT2D eigenvalue weighted by Gasteiger charge is -2.37. The van der Waals surface area contributed by atoms with Gasteiger partial charge >= 0.3 is 5.97 Å². The lowest BCUT2D eigenvalue weighted by Crippen LogP contribution is -2.50. The summed E-state index contributed by atoms with van der Waals surface area (Å²) in [6.45, 7) is 0.700. The lowest BCUT2D eigenvalue weighted by molar-refractivity contribution is -0.902. The van der Waals surface area contributed by atoms with E-state index >= 15 is 0 Å². The Morgan fingerprint density at radius 2 is 1.87 bits per heavy atom. The van der Waals surface area contributed by atoms with E-state index < -0.39 is 11.6 Å². The first-order valence-electron chi connectivity index (χ1n) is 8.41. The van der Waals surface area contributed by atoms with Crippen LogP contribution in [-0.4, -0.2) is 42.9 Å². The van der Waals surface area contributed by atoms with Crippen molar-refractivity contribution in [3.63, 3.8) is 0 Å². The first-order valence-corrected chi connectivity index (χ1v) is 8.41. The summed E-state index contributed by atoms with van der Waals surface area (Å²) in [5, 5.41) is 11.3. The first-order chi connectivity index (χ1) is 10.8. The summed E-state index contributed by atoms with van der Waals surface area (Å²) in [6.07, 6.45) is 4.94. The average Bonchev–Trinajstić information content (AvgIpc) is 2.54. The Bertz CT molecular complexity index is 507. The molecule has 1 saturated carbocycles. The molecule has 0 amide bonds. The van der Waals surface area contributed by atoms with Crippen LogP contribution >= 0.6 is 0 Å². The molecule has 2 rings (SSSR count). The van der Waals surface area contributed by atoms with Crippen LogP contribution in [0.4, 0.5) is 0 Å². The van der Waals surface area contributed by atoms with Crippen LogP contribution in [-0.2, 0) is 15.1 Å².